The first kappa shape index (κ1) is 13.9. The normalized spacial score (nSPS) is 18.2. The molecule has 1 aromatic carbocycles. The number of para-hydroxylation sites is 1. The lowest BCUT2D eigenvalue weighted by molar-refractivity contribution is -0.133. The monoisotopic (exact) mass is 261 g/mol. The van der Waals surface area contributed by atoms with Crippen LogP contribution in [0.5, 0.6) is 0 Å². The predicted molar refractivity (Wildman–Crippen MR) is 78.1 cm³/mol. The van der Waals surface area contributed by atoms with Crippen LogP contribution in [-0.4, -0.2) is 43.0 Å². The van der Waals surface area contributed by atoms with Gasteiger partial charge in [0.05, 0.1) is 6.04 Å². The average Bonchev–Trinajstić information content (AvgIpc) is 2.46. The molecule has 104 valence electrons. The highest BCUT2D eigenvalue weighted by Gasteiger charge is 2.26. The van der Waals surface area contributed by atoms with Gasteiger partial charge >= 0.3 is 0 Å². The first-order valence-corrected chi connectivity index (χ1v) is 6.92. The number of likely N-dealkylation sites (tertiary alicyclic amines) is 1. The maximum atomic E-state index is 11.8. The maximum Gasteiger partial charge on any atom is 0.239 e. The second kappa shape index (κ2) is 6.06. The molecule has 0 saturated carbocycles. The minimum absolute atomic E-state index is 0.0702. The van der Waals surface area contributed by atoms with Crippen LogP contribution in [0.25, 0.3) is 0 Å². The van der Waals surface area contributed by atoms with Gasteiger partial charge in [-0.25, -0.2) is 0 Å². The summed E-state index contributed by atoms with van der Waals surface area (Å²) in [5.41, 5.74) is 6.89. The molecule has 0 spiro atoms. The Bertz CT molecular complexity index is 411. The van der Waals surface area contributed by atoms with Gasteiger partial charge in [-0.05, 0) is 31.9 Å². The highest BCUT2D eigenvalue weighted by molar-refractivity contribution is 5.81. The van der Waals surface area contributed by atoms with Gasteiger partial charge in [-0.3, -0.25) is 4.79 Å². The number of rotatable bonds is 3. The smallest absolute Gasteiger partial charge is 0.239 e. The minimum Gasteiger partial charge on any atom is -0.371 e. The first-order chi connectivity index (χ1) is 9.09. The van der Waals surface area contributed by atoms with Crippen molar-refractivity contribution in [3.05, 3.63) is 30.3 Å². The van der Waals surface area contributed by atoms with Gasteiger partial charge in [-0.1, -0.05) is 18.2 Å². The van der Waals surface area contributed by atoms with Crippen molar-refractivity contribution in [2.45, 2.75) is 31.8 Å². The zero-order chi connectivity index (χ0) is 13.8. The number of hydrogen-bond donors (Lipinski definition) is 1. The van der Waals surface area contributed by atoms with Crippen molar-refractivity contribution >= 4 is 11.6 Å². The van der Waals surface area contributed by atoms with Crippen LogP contribution >= 0.6 is 0 Å². The van der Waals surface area contributed by atoms with Crippen LogP contribution in [0.15, 0.2) is 30.3 Å². The number of nitrogens with zero attached hydrogens (tertiary/aromatic N) is 2. The Balaban J connectivity index is 1.91. The van der Waals surface area contributed by atoms with E-state index in [0.717, 1.165) is 25.9 Å². The molecule has 1 atom stereocenters. The van der Waals surface area contributed by atoms with E-state index in [1.165, 1.54) is 5.69 Å². The fourth-order valence-electron chi connectivity index (χ4n) is 2.64. The molecule has 4 nitrogen and oxygen atoms in total. The van der Waals surface area contributed by atoms with Gasteiger partial charge in [0.1, 0.15) is 0 Å². The summed E-state index contributed by atoms with van der Waals surface area (Å²) in [5.74, 6) is 0.0702. The van der Waals surface area contributed by atoms with Gasteiger partial charge in [-0.2, -0.15) is 0 Å². The molecule has 2 rings (SSSR count). The zero-order valence-corrected chi connectivity index (χ0v) is 11.7. The lowest BCUT2D eigenvalue weighted by atomic mass is 10.0. The Morgan fingerprint density at radius 3 is 2.42 bits per heavy atom. The standard InChI is InChI=1S/C15H23N3O/c1-12(16)15(19)18-10-8-14(9-11-18)17(2)13-6-4-3-5-7-13/h3-7,12,14H,8-11,16H2,1-2H3/t12-/m1/s1. The number of anilines is 1. The third-order valence-electron chi connectivity index (χ3n) is 3.88. The second-order valence-electron chi connectivity index (χ2n) is 5.29. The van der Waals surface area contributed by atoms with Crippen molar-refractivity contribution in [1.29, 1.82) is 0 Å². The number of piperidine rings is 1. The van der Waals surface area contributed by atoms with Gasteiger partial charge < -0.3 is 15.5 Å². The van der Waals surface area contributed by atoms with Crippen LogP contribution in [0, 0.1) is 0 Å². The van der Waals surface area contributed by atoms with Crippen LogP contribution in [0.1, 0.15) is 19.8 Å². The Morgan fingerprint density at radius 1 is 1.32 bits per heavy atom. The third kappa shape index (κ3) is 3.26. The topological polar surface area (TPSA) is 49.6 Å². The summed E-state index contributed by atoms with van der Waals surface area (Å²) in [7, 11) is 2.13. The van der Waals surface area contributed by atoms with Gasteiger partial charge in [0.15, 0.2) is 0 Å². The minimum atomic E-state index is -0.386. The van der Waals surface area contributed by atoms with E-state index in [1.807, 2.05) is 11.0 Å². The number of carbonyl (C=O) groups is 1. The Hall–Kier alpha value is -1.55. The molecule has 19 heavy (non-hydrogen) atoms. The summed E-state index contributed by atoms with van der Waals surface area (Å²) in [6.45, 7) is 3.37. The van der Waals surface area contributed by atoms with Gasteiger partial charge in [0.2, 0.25) is 5.91 Å². The molecule has 4 heteroatoms. The molecule has 1 amide bonds. The molecule has 0 unspecified atom stereocenters. The van der Waals surface area contributed by atoms with E-state index < -0.39 is 0 Å². The molecular formula is C15H23N3O. The number of benzene rings is 1. The van der Waals surface area contributed by atoms with Crippen LogP contribution in [0.4, 0.5) is 5.69 Å². The van der Waals surface area contributed by atoms with Crippen LogP contribution in [-0.2, 0) is 4.79 Å². The van der Waals surface area contributed by atoms with Crippen molar-refractivity contribution in [1.82, 2.24) is 4.90 Å². The average molecular weight is 261 g/mol. The third-order valence-corrected chi connectivity index (χ3v) is 3.88. The quantitative estimate of drug-likeness (QED) is 0.896. The molecule has 0 bridgehead atoms. The van der Waals surface area contributed by atoms with E-state index in [1.54, 1.807) is 6.92 Å². The number of carbonyl (C=O) groups excluding carboxylic acids is 1. The zero-order valence-electron chi connectivity index (χ0n) is 11.7. The molecule has 1 aromatic rings. The molecule has 0 aromatic heterocycles. The van der Waals surface area contributed by atoms with E-state index in [-0.39, 0.29) is 11.9 Å². The van der Waals surface area contributed by atoms with Crippen molar-refractivity contribution in [3.63, 3.8) is 0 Å². The van der Waals surface area contributed by atoms with Crippen LogP contribution in [0.3, 0.4) is 0 Å². The summed E-state index contributed by atoms with van der Waals surface area (Å²) in [4.78, 5) is 16.0. The van der Waals surface area contributed by atoms with Crippen molar-refractivity contribution in [3.8, 4) is 0 Å². The number of hydrogen-bond acceptors (Lipinski definition) is 3. The Labute approximate surface area is 115 Å². The molecule has 1 saturated heterocycles. The molecule has 0 aliphatic carbocycles. The van der Waals surface area contributed by atoms with E-state index in [0.29, 0.717) is 6.04 Å². The fraction of sp³-hybridized carbons (Fsp3) is 0.533. The van der Waals surface area contributed by atoms with Gasteiger partial charge in [0, 0.05) is 31.9 Å². The van der Waals surface area contributed by atoms with Crippen LogP contribution < -0.4 is 10.6 Å². The predicted octanol–water partition coefficient (Wildman–Crippen LogP) is 1.46. The summed E-state index contributed by atoms with van der Waals surface area (Å²) < 4.78 is 0. The van der Waals surface area contributed by atoms with E-state index in [9.17, 15) is 4.79 Å². The van der Waals surface area contributed by atoms with E-state index in [4.69, 9.17) is 5.73 Å². The highest BCUT2D eigenvalue weighted by atomic mass is 16.2. The molecule has 0 radical (unpaired) electrons. The SMILES string of the molecule is C[C@@H](N)C(=O)N1CCC(N(C)c2ccccc2)CC1. The molecule has 1 fully saturated rings. The van der Waals surface area contributed by atoms with Crippen molar-refractivity contribution < 1.29 is 4.79 Å². The lowest BCUT2D eigenvalue weighted by Gasteiger charge is -2.38. The number of amides is 1. The first-order valence-electron chi connectivity index (χ1n) is 6.92. The summed E-state index contributed by atoms with van der Waals surface area (Å²) >= 11 is 0. The van der Waals surface area contributed by atoms with E-state index >= 15 is 0 Å². The maximum absolute atomic E-state index is 11.8. The number of nitrogens with two attached hydrogens (primary N) is 1. The van der Waals surface area contributed by atoms with E-state index in [2.05, 4.69) is 36.2 Å². The summed E-state index contributed by atoms with van der Waals surface area (Å²) in [5, 5.41) is 0. The van der Waals surface area contributed by atoms with Crippen molar-refractivity contribution in [2.24, 2.45) is 5.73 Å². The van der Waals surface area contributed by atoms with Gasteiger partial charge in [0.25, 0.3) is 0 Å². The summed E-state index contributed by atoms with van der Waals surface area (Å²) in [6, 6.07) is 10.5. The Kier molecular flexibility index (Phi) is 4.43. The Morgan fingerprint density at radius 2 is 1.89 bits per heavy atom. The largest absolute Gasteiger partial charge is 0.371 e. The highest BCUT2D eigenvalue weighted by Crippen LogP contribution is 2.21. The molecule has 2 N–H and O–H groups in total. The van der Waals surface area contributed by atoms with Crippen molar-refractivity contribution in [2.75, 3.05) is 25.0 Å². The second-order valence-corrected chi connectivity index (χ2v) is 5.29. The van der Waals surface area contributed by atoms with Crippen LogP contribution in [0.2, 0.25) is 0 Å². The van der Waals surface area contributed by atoms with Gasteiger partial charge in [-0.15, -0.1) is 0 Å². The summed E-state index contributed by atoms with van der Waals surface area (Å²) in [6.07, 6.45) is 2.01. The lowest BCUT2D eigenvalue weighted by Crippen LogP contribution is -2.49. The molecule has 1 aliphatic rings. The molecule has 1 heterocycles. The molecular weight excluding hydrogens is 238 g/mol. The molecule has 1 aliphatic heterocycles. The fourth-order valence-corrected chi connectivity index (χ4v) is 2.64.